The van der Waals surface area contributed by atoms with E-state index >= 15 is 0 Å². The Morgan fingerprint density at radius 3 is 2.17 bits per heavy atom. The van der Waals surface area contributed by atoms with E-state index in [-0.39, 0.29) is 0 Å². The lowest BCUT2D eigenvalue weighted by Crippen LogP contribution is -2.46. The highest BCUT2D eigenvalue weighted by Gasteiger charge is 2.27. The first-order chi connectivity index (χ1) is 8.43. The molecule has 1 aromatic rings. The van der Waals surface area contributed by atoms with Gasteiger partial charge in [0.15, 0.2) is 0 Å². The summed E-state index contributed by atoms with van der Waals surface area (Å²) in [6.45, 7) is 8.37. The van der Waals surface area contributed by atoms with Crippen molar-refractivity contribution in [3.05, 3.63) is 28.8 Å². The number of nitrogens with one attached hydrogen (secondary N) is 1. The average molecular weight is 268 g/mol. The normalized spacial score (nSPS) is 17.9. The maximum Gasteiger partial charge on any atom is 0.243 e. The van der Waals surface area contributed by atoms with E-state index in [4.69, 9.17) is 0 Å². The zero-order valence-electron chi connectivity index (χ0n) is 11.2. The number of hydrogen-bond donors (Lipinski definition) is 1. The Bertz CT molecular complexity index is 546. The van der Waals surface area contributed by atoms with Crippen LogP contribution in [0.5, 0.6) is 0 Å². The molecule has 0 unspecified atom stereocenters. The number of benzene rings is 1. The van der Waals surface area contributed by atoms with Crippen LogP contribution in [0.3, 0.4) is 0 Å². The summed E-state index contributed by atoms with van der Waals surface area (Å²) in [5.74, 6) is 0. The van der Waals surface area contributed by atoms with E-state index in [0.29, 0.717) is 18.0 Å². The maximum absolute atomic E-state index is 12.6. The van der Waals surface area contributed by atoms with E-state index in [9.17, 15) is 8.42 Å². The van der Waals surface area contributed by atoms with E-state index in [1.165, 1.54) is 0 Å². The van der Waals surface area contributed by atoms with Gasteiger partial charge in [-0.2, -0.15) is 4.31 Å². The van der Waals surface area contributed by atoms with Crippen LogP contribution in [0.15, 0.2) is 17.0 Å². The summed E-state index contributed by atoms with van der Waals surface area (Å²) in [6, 6.07) is 3.74. The van der Waals surface area contributed by atoms with Gasteiger partial charge in [0.2, 0.25) is 10.0 Å². The minimum absolute atomic E-state index is 0.451. The number of piperazine rings is 1. The summed E-state index contributed by atoms with van der Waals surface area (Å²) in [6.07, 6.45) is 0. The van der Waals surface area contributed by atoms with E-state index in [1.54, 1.807) is 10.4 Å². The van der Waals surface area contributed by atoms with Gasteiger partial charge in [0.25, 0.3) is 0 Å². The summed E-state index contributed by atoms with van der Waals surface area (Å²) >= 11 is 0. The van der Waals surface area contributed by atoms with Gasteiger partial charge in [0.05, 0.1) is 4.90 Å². The molecule has 0 atom stereocenters. The van der Waals surface area contributed by atoms with Gasteiger partial charge in [-0.05, 0) is 43.5 Å². The van der Waals surface area contributed by atoms with Crippen molar-refractivity contribution in [2.24, 2.45) is 0 Å². The number of rotatable bonds is 2. The minimum atomic E-state index is -3.34. The Labute approximate surface area is 109 Å². The van der Waals surface area contributed by atoms with Crippen LogP contribution in [0, 0.1) is 20.8 Å². The van der Waals surface area contributed by atoms with Gasteiger partial charge in [-0.3, -0.25) is 0 Å². The quantitative estimate of drug-likeness (QED) is 0.877. The van der Waals surface area contributed by atoms with Gasteiger partial charge in [-0.1, -0.05) is 6.07 Å². The number of sulfonamides is 1. The average Bonchev–Trinajstić information content (AvgIpc) is 2.34. The monoisotopic (exact) mass is 268 g/mol. The first-order valence-electron chi connectivity index (χ1n) is 6.21. The molecule has 0 aromatic heterocycles. The summed E-state index contributed by atoms with van der Waals surface area (Å²) < 4.78 is 26.7. The first kappa shape index (κ1) is 13.5. The predicted octanol–water partition coefficient (Wildman–Crippen LogP) is 1.21. The molecule has 1 heterocycles. The van der Waals surface area contributed by atoms with Crippen LogP contribution in [0.1, 0.15) is 16.7 Å². The SMILES string of the molecule is Cc1cc(C)c(S(=O)(=O)N2CCNCC2)cc1C. The van der Waals surface area contributed by atoms with Crippen LogP contribution in [0.4, 0.5) is 0 Å². The largest absolute Gasteiger partial charge is 0.314 e. The van der Waals surface area contributed by atoms with Crippen LogP contribution < -0.4 is 5.32 Å². The molecule has 0 amide bonds. The van der Waals surface area contributed by atoms with E-state index in [2.05, 4.69) is 5.32 Å². The molecule has 0 aliphatic carbocycles. The van der Waals surface area contributed by atoms with E-state index < -0.39 is 10.0 Å². The second-order valence-electron chi connectivity index (χ2n) is 4.86. The zero-order chi connectivity index (χ0) is 13.3. The molecule has 4 nitrogen and oxygen atoms in total. The third-order valence-corrected chi connectivity index (χ3v) is 5.53. The predicted molar refractivity (Wildman–Crippen MR) is 72.3 cm³/mol. The molecule has 5 heteroatoms. The maximum atomic E-state index is 12.6. The summed E-state index contributed by atoms with van der Waals surface area (Å²) in [5, 5.41) is 3.17. The lowest BCUT2D eigenvalue weighted by molar-refractivity contribution is 0.360. The smallest absolute Gasteiger partial charge is 0.243 e. The molecule has 1 saturated heterocycles. The van der Waals surface area contributed by atoms with Crippen molar-refractivity contribution in [2.45, 2.75) is 25.7 Å². The molecule has 1 aliphatic heterocycles. The van der Waals surface area contributed by atoms with Crippen molar-refractivity contribution in [3.63, 3.8) is 0 Å². The van der Waals surface area contributed by atoms with Crippen molar-refractivity contribution in [3.8, 4) is 0 Å². The fraction of sp³-hybridized carbons (Fsp3) is 0.538. The fourth-order valence-corrected chi connectivity index (χ4v) is 3.97. The Hall–Kier alpha value is -0.910. The first-order valence-corrected chi connectivity index (χ1v) is 7.65. The second kappa shape index (κ2) is 4.99. The van der Waals surface area contributed by atoms with Crippen molar-refractivity contribution < 1.29 is 8.42 Å². The molecule has 100 valence electrons. The highest BCUT2D eigenvalue weighted by atomic mass is 32.2. The molecule has 0 spiro atoms. The Morgan fingerprint density at radius 1 is 1.00 bits per heavy atom. The fourth-order valence-electron chi connectivity index (χ4n) is 2.24. The van der Waals surface area contributed by atoms with Gasteiger partial charge in [-0.15, -0.1) is 0 Å². The summed E-state index contributed by atoms with van der Waals surface area (Å²) in [7, 11) is -3.34. The van der Waals surface area contributed by atoms with E-state index in [1.807, 2.05) is 26.8 Å². The summed E-state index contributed by atoms with van der Waals surface area (Å²) in [4.78, 5) is 0.451. The van der Waals surface area contributed by atoms with Crippen molar-refractivity contribution in [1.29, 1.82) is 0 Å². The molecular weight excluding hydrogens is 248 g/mol. The zero-order valence-corrected chi connectivity index (χ0v) is 12.0. The Morgan fingerprint density at radius 2 is 1.56 bits per heavy atom. The lowest BCUT2D eigenvalue weighted by Gasteiger charge is -2.27. The molecule has 2 rings (SSSR count). The number of nitrogens with zero attached hydrogens (tertiary/aromatic N) is 1. The highest BCUT2D eigenvalue weighted by molar-refractivity contribution is 7.89. The number of aryl methyl sites for hydroxylation is 3. The topological polar surface area (TPSA) is 49.4 Å². The van der Waals surface area contributed by atoms with Crippen LogP contribution in [-0.2, 0) is 10.0 Å². The second-order valence-corrected chi connectivity index (χ2v) is 6.76. The molecule has 1 N–H and O–H groups in total. The highest BCUT2D eigenvalue weighted by Crippen LogP contribution is 2.23. The molecular formula is C13H20N2O2S. The summed E-state index contributed by atoms with van der Waals surface area (Å²) in [5.41, 5.74) is 2.98. The third-order valence-electron chi connectivity index (χ3n) is 3.49. The van der Waals surface area contributed by atoms with E-state index in [0.717, 1.165) is 29.8 Å². The van der Waals surface area contributed by atoms with Crippen LogP contribution in [0.2, 0.25) is 0 Å². The molecule has 1 aliphatic rings. The standard InChI is InChI=1S/C13H20N2O2S/c1-10-8-12(3)13(9-11(10)2)18(16,17)15-6-4-14-5-7-15/h8-9,14H,4-7H2,1-3H3. The Kier molecular flexibility index (Phi) is 3.75. The van der Waals surface area contributed by atoms with Gasteiger partial charge in [0, 0.05) is 26.2 Å². The molecule has 0 radical (unpaired) electrons. The molecule has 0 saturated carbocycles. The van der Waals surface area contributed by atoms with Crippen molar-refractivity contribution in [1.82, 2.24) is 9.62 Å². The van der Waals surface area contributed by atoms with Gasteiger partial charge in [0.1, 0.15) is 0 Å². The van der Waals surface area contributed by atoms with Crippen molar-refractivity contribution >= 4 is 10.0 Å². The van der Waals surface area contributed by atoms with Gasteiger partial charge >= 0.3 is 0 Å². The minimum Gasteiger partial charge on any atom is -0.314 e. The molecule has 0 bridgehead atoms. The lowest BCUT2D eigenvalue weighted by atomic mass is 10.1. The van der Waals surface area contributed by atoms with Crippen LogP contribution in [0.25, 0.3) is 0 Å². The molecule has 1 aromatic carbocycles. The van der Waals surface area contributed by atoms with Gasteiger partial charge in [-0.25, -0.2) is 8.42 Å². The Balaban J connectivity index is 2.43. The van der Waals surface area contributed by atoms with Crippen LogP contribution in [-0.4, -0.2) is 38.9 Å². The third kappa shape index (κ3) is 2.43. The van der Waals surface area contributed by atoms with Gasteiger partial charge < -0.3 is 5.32 Å². The van der Waals surface area contributed by atoms with Crippen LogP contribution >= 0.6 is 0 Å². The molecule has 1 fully saturated rings. The molecule has 18 heavy (non-hydrogen) atoms. The van der Waals surface area contributed by atoms with Crippen molar-refractivity contribution in [2.75, 3.05) is 26.2 Å². The number of hydrogen-bond acceptors (Lipinski definition) is 3.